The van der Waals surface area contributed by atoms with E-state index in [2.05, 4.69) is 16.2 Å². The smallest absolute Gasteiger partial charge is 0.259 e. The van der Waals surface area contributed by atoms with Crippen molar-refractivity contribution in [1.82, 2.24) is 31.6 Å². The Hall–Kier alpha value is -2.77. The Morgan fingerprint density at radius 3 is 2.27 bits per heavy atom. The lowest BCUT2D eigenvalue weighted by Crippen LogP contribution is -2.57. The van der Waals surface area contributed by atoms with Crippen LogP contribution in [0.1, 0.15) is 26.7 Å². The van der Waals surface area contributed by atoms with Crippen molar-refractivity contribution in [2.75, 3.05) is 39.3 Å². The zero-order valence-corrected chi connectivity index (χ0v) is 20.5. The highest BCUT2D eigenvalue weighted by molar-refractivity contribution is 6.00. The fraction of sp³-hybridized carbons (Fsp3) is 0.750. The summed E-state index contributed by atoms with van der Waals surface area (Å²) in [4.78, 5) is 65.5. The van der Waals surface area contributed by atoms with E-state index in [1.807, 2.05) is 5.48 Å². The van der Waals surface area contributed by atoms with Crippen molar-refractivity contribution in [3.63, 3.8) is 0 Å². The maximum absolute atomic E-state index is 12.3. The fourth-order valence-electron chi connectivity index (χ4n) is 3.39. The zero-order valence-electron chi connectivity index (χ0n) is 20.5. The number of nitrogens with zero attached hydrogens (tertiary/aromatic N) is 2. The molecule has 0 aromatic carbocycles. The van der Waals surface area contributed by atoms with Crippen molar-refractivity contribution in [3.05, 3.63) is 0 Å². The van der Waals surface area contributed by atoms with Gasteiger partial charge in [0.05, 0.1) is 32.3 Å². The average Bonchev–Trinajstić information content (AvgIpc) is 3.16. The van der Waals surface area contributed by atoms with Gasteiger partial charge in [0.15, 0.2) is 6.29 Å². The molecular weight excluding hydrogens is 500 g/mol. The van der Waals surface area contributed by atoms with E-state index >= 15 is 0 Å². The number of amides is 5. The molecule has 5 amide bonds. The predicted octanol–water partition coefficient (Wildman–Crippen LogP) is -5.00. The second-order valence-corrected chi connectivity index (χ2v) is 8.32. The monoisotopic (exact) mass is 534 g/mol. The van der Waals surface area contributed by atoms with Crippen LogP contribution in [0, 0.1) is 0 Å². The van der Waals surface area contributed by atoms with E-state index in [1.54, 1.807) is 6.92 Å². The highest BCUT2D eigenvalue weighted by Crippen LogP contribution is 2.21. The number of carbonyl (C=O) groups excluding carboxylic acids is 5. The lowest BCUT2D eigenvalue weighted by molar-refractivity contribution is -0.292. The Bertz CT molecular complexity index is 815. The maximum atomic E-state index is 12.3. The molecule has 0 bridgehead atoms. The number of hydroxylamine groups is 3. The number of rotatable bonds is 14. The lowest BCUT2D eigenvalue weighted by Gasteiger charge is -2.38. The molecule has 2 saturated heterocycles. The molecule has 0 aromatic rings. The number of carbonyl (C=O) groups is 5. The third kappa shape index (κ3) is 9.56. The molecular formula is C20H34N6O11. The average molecular weight is 535 g/mol. The van der Waals surface area contributed by atoms with Crippen LogP contribution in [0.15, 0.2) is 0 Å². The number of nitrogens with one attached hydrogen (secondary N) is 4. The highest BCUT2D eigenvalue weighted by atomic mass is 16.8. The topological polar surface area (TPSA) is 228 Å². The van der Waals surface area contributed by atoms with Crippen LogP contribution in [0.2, 0.25) is 0 Å². The summed E-state index contributed by atoms with van der Waals surface area (Å²) in [5, 5.41) is 32.4. The first-order valence-corrected chi connectivity index (χ1v) is 11.7. The van der Waals surface area contributed by atoms with Crippen molar-refractivity contribution in [2.24, 2.45) is 0 Å². The molecule has 2 fully saturated rings. The number of likely N-dealkylation sites (N-methyl/N-ethyl adjacent to an activating group) is 1. The molecule has 0 radical (unpaired) electrons. The number of imide groups is 1. The molecule has 7 N–H and O–H groups in total. The van der Waals surface area contributed by atoms with Crippen LogP contribution in [0.25, 0.3) is 0 Å². The summed E-state index contributed by atoms with van der Waals surface area (Å²) in [5.74, 6) is -3.07. The van der Waals surface area contributed by atoms with Crippen molar-refractivity contribution >= 4 is 29.5 Å². The first-order valence-electron chi connectivity index (χ1n) is 11.7. The van der Waals surface area contributed by atoms with Gasteiger partial charge in [-0.05, 0) is 13.8 Å². The van der Waals surface area contributed by atoms with Crippen LogP contribution in [0.5, 0.6) is 0 Å². The number of hydrazine groups is 1. The van der Waals surface area contributed by atoms with Crippen molar-refractivity contribution in [1.29, 1.82) is 0 Å². The summed E-state index contributed by atoms with van der Waals surface area (Å²) in [6.07, 6.45) is -6.15. The van der Waals surface area contributed by atoms with Gasteiger partial charge in [-0.15, -0.1) is 10.0 Å². The van der Waals surface area contributed by atoms with Crippen LogP contribution in [0.3, 0.4) is 0 Å². The fourth-order valence-corrected chi connectivity index (χ4v) is 3.39. The minimum absolute atomic E-state index is 0.0330. The maximum Gasteiger partial charge on any atom is 0.259 e. The van der Waals surface area contributed by atoms with Gasteiger partial charge in [-0.3, -0.25) is 34.3 Å². The Balaban J connectivity index is 1.75. The quantitative estimate of drug-likeness (QED) is 0.0630. The van der Waals surface area contributed by atoms with Gasteiger partial charge in [0.1, 0.15) is 18.3 Å². The van der Waals surface area contributed by atoms with E-state index in [1.165, 1.54) is 11.8 Å². The standard InChI is InChI=1S/C20H34N6O11/c1-3-21-12(27)8-25(10-14(29)24-37-26-15(30)4-5-16(26)31)9-13(28)23-22-6-7-35-20-19(34)18(33)17(32)11(2)36-20/h11,17-20,22,32-34H,3-10H2,1-2H3,(H,21,27)(H,23,28)(H,24,29)/t11-,17+,18+,19-,20+/m0/s1. The van der Waals surface area contributed by atoms with E-state index < -0.39 is 66.8 Å². The first kappa shape index (κ1) is 30.5. The Morgan fingerprint density at radius 1 is 1.00 bits per heavy atom. The molecule has 37 heavy (non-hydrogen) atoms. The van der Waals surface area contributed by atoms with Gasteiger partial charge in [0.2, 0.25) is 11.8 Å². The number of aliphatic hydroxyl groups is 3. The van der Waals surface area contributed by atoms with Crippen LogP contribution >= 0.6 is 0 Å². The second kappa shape index (κ2) is 14.8. The van der Waals surface area contributed by atoms with E-state index in [9.17, 15) is 39.3 Å². The second-order valence-electron chi connectivity index (χ2n) is 8.32. The molecule has 5 atom stereocenters. The third-order valence-electron chi connectivity index (χ3n) is 5.28. The molecule has 210 valence electrons. The number of aliphatic hydroxyl groups excluding tert-OH is 3. The molecule has 17 heteroatoms. The van der Waals surface area contributed by atoms with Gasteiger partial charge < -0.3 is 30.1 Å². The summed E-state index contributed by atoms with van der Waals surface area (Å²) in [6, 6.07) is 0. The predicted molar refractivity (Wildman–Crippen MR) is 120 cm³/mol. The van der Waals surface area contributed by atoms with Gasteiger partial charge >= 0.3 is 0 Å². The van der Waals surface area contributed by atoms with E-state index in [0.717, 1.165) is 0 Å². The minimum Gasteiger partial charge on any atom is -0.388 e. The summed E-state index contributed by atoms with van der Waals surface area (Å²) in [5.41, 5.74) is 6.87. The largest absolute Gasteiger partial charge is 0.388 e. The van der Waals surface area contributed by atoms with Gasteiger partial charge in [-0.1, -0.05) is 0 Å². The van der Waals surface area contributed by atoms with Crippen LogP contribution in [-0.4, -0.2) is 125 Å². The summed E-state index contributed by atoms with van der Waals surface area (Å²) < 4.78 is 10.6. The molecule has 0 aromatic heterocycles. The summed E-state index contributed by atoms with van der Waals surface area (Å²) in [6.45, 7) is 2.41. The van der Waals surface area contributed by atoms with E-state index in [4.69, 9.17) is 14.4 Å². The van der Waals surface area contributed by atoms with Crippen LogP contribution < -0.4 is 21.6 Å². The minimum atomic E-state index is -1.46. The molecule has 17 nitrogen and oxygen atoms in total. The van der Waals surface area contributed by atoms with Crippen molar-refractivity contribution < 1.29 is 53.7 Å². The van der Waals surface area contributed by atoms with Crippen molar-refractivity contribution in [3.8, 4) is 0 Å². The van der Waals surface area contributed by atoms with Gasteiger partial charge in [0.25, 0.3) is 17.7 Å². The molecule has 0 spiro atoms. The lowest BCUT2D eigenvalue weighted by atomic mass is 10.0. The highest BCUT2D eigenvalue weighted by Gasteiger charge is 2.42. The van der Waals surface area contributed by atoms with Gasteiger partial charge in [-0.2, -0.15) is 0 Å². The molecule has 2 heterocycles. The van der Waals surface area contributed by atoms with Gasteiger partial charge in [0, 0.05) is 25.9 Å². The summed E-state index contributed by atoms with van der Waals surface area (Å²) >= 11 is 0. The zero-order chi connectivity index (χ0) is 27.5. The normalized spacial score (nSPS) is 25.9. The first-order chi connectivity index (χ1) is 17.5. The molecule has 2 aliphatic heterocycles. The Morgan fingerprint density at radius 2 is 1.62 bits per heavy atom. The summed E-state index contributed by atoms with van der Waals surface area (Å²) in [7, 11) is 0. The van der Waals surface area contributed by atoms with E-state index in [-0.39, 0.29) is 39.1 Å². The Labute approximate surface area is 212 Å². The van der Waals surface area contributed by atoms with Crippen LogP contribution in [-0.2, 0) is 38.4 Å². The number of hydrogen-bond donors (Lipinski definition) is 7. The molecule has 0 aliphatic carbocycles. The van der Waals surface area contributed by atoms with Crippen LogP contribution in [0.4, 0.5) is 0 Å². The third-order valence-corrected chi connectivity index (χ3v) is 5.28. The Kier molecular flexibility index (Phi) is 12.2. The molecule has 2 rings (SSSR count). The van der Waals surface area contributed by atoms with Crippen molar-refractivity contribution in [2.45, 2.75) is 57.4 Å². The number of hydrogen-bond acceptors (Lipinski definition) is 13. The molecule has 0 saturated carbocycles. The number of ether oxygens (including phenoxy) is 2. The SMILES string of the molecule is CCNC(=O)CN(CC(=O)NNCCO[C@@H]1O[C@@H](C)[C@@H](O)[C@@H](O)[C@@H]1O)CC(=O)NON1C(=O)CCC1=O. The van der Waals surface area contributed by atoms with Gasteiger partial charge in [-0.25, -0.2) is 10.9 Å². The molecule has 2 aliphatic rings. The molecule has 0 unspecified atom stereocenters. The van der Waals surface area contributed by atoms with E-state index in [0.29, 0.717) is 11.6 Å².